The van der Waals surface area contributed by atoms with Crippen LogP contribution in [0.2, 0.25) is 0 Å². The lowest BCUT2D eigenvalue weighted by atomic mass is 10.1. The minimum atomic E-state index is -1.45. The Kier molecular flexibility index (Phi) is 8.54. The zero-order valence-corrected chi connectivity index (χ0v) is 19.8. The first-order valence-corrected chi connectivity index (χ1v) is 10.2. The highest BCUT2D eigenvalue weighted by Gasteiger charge is 2.19. The van der Waals surface area contributed by atoms with Crippen molar-refractivity contribution in [2.24, 2.45) is 20.8 Å². The van der Waals surface area contributed by atoms with Crippen LogP contribution in [0.5, 0.6) is 11.5 Å². The molecule has 11 nitrogen and oxygen atoms in total. The number of benzene rings is 2. The van der Waals surface area contributed by atoms with Crippen LogP contribution in [0.4, 0.5) is 4.79 Å². The summed E-state index contributed by atoms with van der Waals surface area (Å²) in [6.07, 6.45) is -1.45. The van der Waals surface area contributed by atoms with Crippen molar-refractivity contribution in [3.05, 3.63) is 59.7 Å². The molecule has 34 heavy (non-hydrogen) atoms. The lowest BCUT2D eigenvalue weighted by molar-refractivity contribution is 0.0450. The van der Waals surface area contributed by atoms with E-state index >= 15 is 0 Å². The molecule has 11 heteroatoms. The second kappa shape index (κ2) is 11.1. The SMILES string of the molecule is CC(C)(C)Oc1ccccc1C(=O)N=NOC(=O)ON=NC(=O)c1ccccc1OC(C)(C)C. The summed E-state index contributed by atoms with van der Waals surface area (Å²) in [7, 11) is 0. The van der Waals surface area contributed by atoms with Crippen LogP contribution in [0, 0.1) is 0 Å². The summed E-state index contributed by atoms with van der Waals surface area (Å²) in [5.74, 6) is -1.02. The molecule has 0 aliphatic heterocycles. The Hall–Kier alpha value is -4.15. The molecule has 0 fully saturated rings. The average molecular weight is 470 g/mol. The first-order chi connectivity index (χ1) is 15.9. The smallest absolute Gasteiger partial charge is 0.487 e. The van der Waals surface area contributed by atoms with Crippen molar-refractivity contribution in [3.63, 3.8) is 0 Å². The van der Waals surface area contributed by atoms with Crippen molar-refractivity contribution in [1.82, 2.24) is 0 Å². The van der Waals surface area contributed by atoms with Gasteiger partial charge in [-0.05, 0) is 65.8 Å². The zero-order chi connectivity index (χ0) is 25.4. The fraction of sp³-hybridized carbons (Fsp3) is 0.348. The molecule has 0 saturated heterocycles. The standard InChI is InChI=1S/C23H26N4O7/c1-22(2,3)31-17-13-9-7-11-15(17)19(28)24-26-33-21(30)34-27-25-20(29)16-12-8-10-14-18(16)32-23(4,5)6/h7-14H,1-6H3. The molecule has 0 radical (unpaired) electrons. The van der Waals surface area contributed by atoms with Crippen LogP contribution in [-0.4, -0.2) is 29.2 Å². The molecular weight excluding hydrogens is 444 g/mol. The molecule has 2 aromatic rings. The Morgan fingerprint density at radius 1 is 0.618 bits per heavy atom. The second-order valence-electron chi connectivity index (χ2n) is 8.83. The second-order valence-corrected chi connectivity index (χ2v) is 8.83. The number of hydrogen-bond acceptors (Lipinski definition) is 9. The first kappa shape index (κ1) is 26.1. The molecule has 0 unspecified atom stereocenters. The van der Waals surface area contributed by atoms with Crippen molar-refractivity contribution >= 4 is 18.0 Å². The summed E-state index contributed by atoms with van der Waals surface area (Å²) >= 11 is 0. The number of carbonyl (C=O) groups is 3. The van der Waals surface area contributed by atoms with Crippen molar-refractivity contribution in [2.75, 3.05) is 0 Å². The van der Waals surface area contributed by atoms with Gasteiger partial charge < -0.3 is 9.47 Å². The summed E-state index contributed by atoms with van der Waals surface area (Å²) in [6, 6.07) is 12.8. The van der Waals surface area contributed by atoms with Gasteiger partial charge in [-0.3, -0.25) is 19.3 Å². The fourth-order valence-electron chi connectivity index (χ4n) is 2.43. The third-order valence-corrected chi connectivity index (χ3v) is 3.56. The number of para-hydroxylation sites is 2. The van der Waals surface area contributed by atoms with Crippen molar-refractivity contribution in [1.29, 1.82) is 0 Å². The molecule has 180 valence electrons. The van der Waals surface area contributed by atoms with E-state index in [2.05, 4.69) is 30.5 Å². The van der Waals surface area contributed by atoms with Gasteiger partial charge in [0.25, 0.3) is 0 Å². The van der Waals surface area contributed by atoms with E-state index in [1.54, 1.807) is 36.4 Å². The quantitative estimate of drug-likeness (QED) is 0.378. The summed E-state index contributed by atoms with van der Waals surface area (Å²) in [5.41, 5.74) is -0.843. The lowest BCUT2D eigenvalue weighted by Gasteiger charge is -2.22. The monoisotopic (exact) mass is 470 g/mol. The molecule has 0 aromatic heterocycles. The third-order valence-electron chi connectivity index (χ3n) is 3.56. The van der Waals surface area contributed by atoms with E-state index in [1.165, 1.54) is 12.1 Å². The number of hydrogen-bond donors (Lipinski definition) is 0. The van der Waals surface area contributed by atoms with Crippen molar-refractivity contribution < 1.29 is 33.5 Å². The molecule has 0 aliphatic carbocycles. The first-order valence-electron chi connectivity index (χ1n) is 10.2. The fourth-order valence-corrected chi connectivity index (χ4v) is 2.43. The molecule has 2 amide bonds. The Balaban J connectivity index is 1.93. The highest BCUT2D eigenvalue weighted by atomic mass is 16.9. The van der Waals surface area contributed by atoms with Gasteiger partial charge in [-0.25, -0.2) is 0 Å². The van der Waals surface area contributed by atoms with Crippen molar-refractivity contribution in [3.8, 4) is 11.5 Å². The highest BCUT2D eigenvalue weighted by Crippen LogP contribution is 2.25. The van der Waals surface area contributed by atoms with E-state index in [4.69, 9.17) is 9.47 Å². The molecule has 2 aromatic carbocycles. The van der Waals surface area contributed by atoms with E-state index in [0.29, 0.717) is 11.5 Å². The minimum Gasteiger partial charge on any atom is -0.487 e. The normalized spacial score (nSPS) is 11.9. The number of nitrogens with zero attached hydrogens (tertiary/aromatic N) is 4. The summed E-state index contributed by atoms with van der Waals surface area (Å²) in [5, 5.41) is 12.6. The van der Waals surface area contributed by atoms with Gasteiger partial charge in [0, 0.05) is 10.6 Å². The maximum absolute atomic E-state index is 12.3. The molecule has 0 bridgehead atoms. The minimum absolute atomic E-state index is 0.125. The van der Waals surface area contributed by atoms with Crippen LogP contribution in [0.3, 0.4) is 0 Å². The Labute approximate surface area is 196 Å². The molecule has 0 spiro atoms. The molecule has 0 atom stereocenters. The van der Waals surface area contributed by atoms with Gasteiger partial charge in [0.1, 0.15) is 22.7 Å². The highest BCUT2D eigenvalue weighted by molar-refractivity contribution is 5.97. The third kappa shape index (κ3) is 8.77. The van der Waals surface area contributed by atoms with E-state index < -0.39 is 29.2 Å². The van der Waals surface area contributed by atoms with Crippen LogP contribution >= 0.6 is 0 Å². The van der Waals surface area contributed by atoms with Gasteiger partial charge in [0.05, 0.1) is 11.1 Å². The molecule has 0 aliphatic rings. The van der Waals surface area contributed by atoms with Gasteiger partial charge in [-0.1, -0.05) is 34.5 Å². The van der Waals surface area contributed by atoms with Crippen LogP contribution in [0.15, 0.2) is 69.3 Å². The van der Waals surface area contributed by atoms with Gasteiger partial charge in [0.2, 0.25) is 0 Å². The Morgan fingerprint density at radius 3 is 1.32 bits per heavy atom. The maximum atomic E-state index is 12.3. The lowest BCUT2D eigenvalue weighted by Crippen LogP contribution is -2.24. The van der Waals surface area contributed by atoms with Crippen LogP contribution in [-0.2, 0) is 9.68 Å². The predicted octanol–water partition coefficient (Wildman–Crippen LogP) is 5.91. The summed E-state index contributed by atoms with van der Waals surface area (Å²) in [4.78, 5) is 44.7. The van der Waals surface area contributed by atoms with E-state index in [1.807, 2.05) is 41.5 Å². The zero-order valence-electron chi connectivity index (χ0n) is 19.8. The van der Waals surface area contributed by atoms with Gasteiger partial charge in [-0.15, -0.1) is 0 Å². The molecule has 0 N–H and O–H groups in total. The summed E-state index contributed by atoms with van der Waals surface area (Å²) < 4.78 is 11.4. The number of ether oxygens (including phenoxy) is 2. The molecule has 0 saturated carbocycles. The molecule has 2 rings (SSSR count). The maximum Gasteiger partial charge on any atom is 0.565 e. The van der Waals surface area contributed by atoms with Gasteiger partial charge in [0.15, 0.2) is 0 Å². The molecule has 0 heterocycles. The van der Waals surface area contributed by atoms with Gasteiger partial charge in [-0.2, -0.15) is 4.79 Å². The van der Waals surface area contributed by atoms with E-state index in [-0.39, 0.29) is 11.1 Å². The topological polar surface area (TPSA) is 138 Å². The number of rotatable bonds is 6. The van der Waals surface area contributed by atoms with Crippen LogP contribution in [0.25, 0.3) is 0 Å². The van der Waals surface area contributed by atoms with Crippen LogP contribution < -0.4 is 9.47 Å². The largest absolute Gasteiger partial charge is 0.565 e. The predicted molar refractivity (Wildman–Crippen MR) is 120 cm³/mol. The summed E-state index contributed by atoms with van der Waals surface area (Å²) in [6.45, 7) is 10.9. The Morgan fingerprint density at radius 2 is 0.971 bits per heavy atom. The Bertz CT molecular complexity index is 1010. The number of amides is 2. The van der Waals surface area contributed by atoms with E-state index in [0.717, 1.165) is 0 Å². The average Bonchev–Trinajstić information content (AvgIpc) is 2.72. The number of carbonyl (C=O) groups excluding carboxylic acids is 3. The van der Waals surface area contributed by atoms with Crippen molar-refractivity contribution in [2.45, 2.75) is 52.7 Å². The van der Waals surface area contributed by atoms with Crippen LogP contribution in [0.1, 0.15) is 62.3 Å². The molecular formula is C23H26N4O7. The van der Waals surface area contributed by atoms with Gasteiger partial charge >= 0.3 is 18.0 Å². The van der Waals surface area contributed by atoms with E-state index in [9.17, 15) is 14.4 Å².